The van der Waals surface area contributed by atoms with Crippen LogP contribution >= 0.6 is 11.6 Å². The van der Waals surface area contributed by atoms with Crippen molar-refractivity contribution in [1.82, 2.24) is 4.98 Å². The Morgan fingerprint density at radius 2 is 1.91 bits per heavy atom. The zero-order valence-electron chi connectivity index (χ0n) is 11.6. The maximum Gasteiger partial charge on any atom is 0.262 e. The number of aromatic nitrogens is 1. The molecule has 0 aliphatic heterocycles. The maximum absolute atomic E-state index is 12.0. The lowest BCUT2D eigenvalue weighted by molar-refractivity contribution is -0.118. The van der Waals surface area contributed by atoms with Crippen LogP contribution in [0.3, 0.4) is 0 Å². The minimum atomic E-state index is -0.253. The van der Waals surface area contributed by atoms with Crippen molar-refractivity contribution in [3.05, 3.63) is 65.9 Å². The van der Waals surface area contributed by atoms with Crippen molar-refractivity contribution in [3.8, 4) is 5.75 Å². The second-order valence-electron chi connectivity index (χ2n) is 4.66. The second kappa shape index (κ2) is 6.45. The van der Waals surface area contributed by atoms with Crippen LogP contribution in [0.1, 0.15) is 0 Å². The Kier molecular flexibility index (Phi) is 4.21. The van der Waals surface area contributed by atoms with Gasteiger partial charge in [-0.15, -0.1) is 0 Å². The van der Waals surface area contributed by atoms with Gasteiger partial charge in [-0.05, 0) is 23.6 Å². The van der Waals surface area contributed by atoms with Crippen LogP contribution in [0.15, 0.2) is 60.8 Å². The molecule has 1 N–H and O–H groups in total. The lowest BCUT2D eigenvalue weighted by atomic mass is 10.1. The summed E-state index contributed by atoms with van der Waals surface area (Å²) in [5.41, 5.74) is 0.754. The van der Waals surface area contributed by atoms with Crippen molar-refractivity contribution in [2.24, 2.45) is 0 Å². The van der Waals surface area contributed by atoms with Crippen LogP contribution in [-0.4, -0.2) is 17.5 Å². The molecule has 0 radical (unpaired) electrons. The number of nitrogens with zero attached hydrogens (tertiary/aromatic N) is 1. The Labute approximate surface area is 132 Å². The molecular weight excluding hydrogens is 300 g/mol. The van der Waals surface area contributed by atoms with E-state index in [0.29, 0.717) is 5.75 Å². The van der Waals surface area contributed by atoms with Gasteiger partial charge in [0.05, 0.1) is 0 Å². The summed E-state index contributed by atoms with van der Waals surface area (Å²) >= 11 is 5.88. The van der Waals surface area contributed by atoms with Gasteiger partial charge in [-0.3, -0.25) is 4.79 Å². The van der Waals surface area contributed by atoms with Gasteiger partial charge in [0.25, 0.3) is 5.91 Å². The molecule has 1 heterocycles. The van der Waals surface area contributed by atoms with Crippen LogP contribution in [0, 0.1) is 0 Å². The molecule has 0 spiro atoms. The molecule has 0 aliphatic rings. The zero-order valence-corrected chi connectivity index (χ0v) is 12.4. The number of anilines is 1. The van der Waals surface area contributed by atoms with Crippen molar-refractivity contribution in [1.29, 1.82) is 0 Å². The van der Waals surface area contributed by atoms with Crippen molar-refractivity contribution >= 4 is 34.0 Å². The molecule has 5 heteroatoms. The Morgan fingerprint density at radius 3 is 2.77 bits per heavy atom. The standard InChI is InChI=1S/C17H13ClN2O2/c18-17-15(9-4-10-19-17)22-11-16(21)20-14-8-3-6-12-5-1-2-7-13(12)14/h1-10H,11H2,(H,20,21). The average Bonchev–Trinajstić information content (AvgIpc) is 2.54. The molecule has 4 nitrogen and oxygen atoms in total. The SMILES string of the molecule is O=C(COc1cccnc1Cl)Nc1cccc2ccccc12. The number of hydrogen-bond donors (Lipinski definition) is 1. The largest absolute Gasteiger partial charge is 0.481 e. The van der Waals surface area contributed by atoms with Gasteiger partial charge in [0.2, 0.25) is 0 Å². The van der Waals surface area contributed by atoms with Crippen molar-refractivity contribution in [3.63, 3.8) is 0 Å². The van der Waals surface area contributed by atoms with E-state index in [1.807, 2.05) is 42.5 Å². The first-order valence-electron chi connectivity index (χ1n) is 6.75. The third-order valence-corrected chi connectivity index (χ3v) is 3.43. The topological polar surface area (TPSA) is 51.2 Å². The molecule has 110 valence electrons. The minimum Gasteiger partial charge on any atom is -0.481 e. The number of benzene rings is 2. The number of halogens is 1. The highest BCUT2D eigenvalue weighted by Crippen LogP contribution is 2.23. The quantitative estimate of drug-likeness (QED) is 0.743. The van der Waals surface area contributed by atoms with Crippen molar-refractivity contribution < 1.29 is 9.53 Å². The summed E-state index contributed by atoms with van der Waals surface area (Å²) in [6, 6.07) is 17.0. The summed E-state index contributed by atoms with van der Waals surface area (Å²) in [7, 11) is 0. The molecule has 2 aromatic carbocycles. The number of carbonyl (C=O) groups excluding carboxylic acids is 1. The van der Waals surface area contributed by atoms with E-state index < -0.39 is 0 Å². The third kappa shape index (κ3) is 3.18. The number of hydrogen-bond acceptors (Lipinski definition) is 3. The fraction of sp³-hybridized carbons (Fsp3) is 0.0588. The first-order valence-corrected chi connectivity index (χ1v) is 7.13. The van der Waals surface area contributed by atoms with Crippen LogP contribution in [0.2, 0.25) is 5.15 Å². The highest BCUT2D eigenvalue weighted by atomic mass is 35.5. The molecule has 0 aliphatic carbocycles. The van der Waals surface area contributed by atoms with Crippen LogP contribution in [0.5, 0.6) is 5.75 Å². The van der Waals surface area contributed by atoms with Gasteiger partial charge in [-0.25, -0.2) is 4.98 Å². The number of nitrogens with one attached hydrogen (secondary N) is 1. The number of carbonyl (C=O) groups is 1. The third-order valence-electron chi connectivity index (χ3n) is 3.15. The fourth-order valence-corrected chi connectivity index (χ4v) is 2.32. The summed E-state index contributed by atoms with van der Waals surface area (Å²) in [6.07, 6.45) is 1.56. The van der Waals surface area contributed by atoms with E-state index in [9.17, 15) is 4.79 Å². The maximum atomic E-state index is 12.0. The van der Waals surface area contributed by atoms with E-state index in [0.717, 1.165) is 16.5 Å². The smallest absolute Gasteiger partial charge is 0.262 e. The normalized spacial score (nSPS) is 10.4. The fourth-order valence-electron chi connectivity index (χ4n) is 2.14. The summed E-state index contributed by atoms with van der Waals surface area (Å²) in [4.78, 5) is 15.9. The highest BCUT2D eigenvalue weighted by Gasteiger charge is 2.08. The number of fused-ring (bicyclic) bond motifs is 1. The van der Waals surface area contributed by atoms with Gasteiger partial charge < -0.3 is 10.1 Å². The number of pyridine rings is 1. The van der Waals surface area contributed by atoms with E-state index in [1.165, 1.54) is 0 Å². The highest BCUT2D eigenvalue weighted by molar-refractivity contribution is 6.30. The lowest BCUT2D eigenvalue weighted by Gasteiger charge is -2.10. The molecule has 0 bridgehead atoms. The summed E-state index contributed by atoms with van der Waals surface area (Å²) < 4.78 is 5.38. The van der Waals surface area contributed by atoms with Gasteiger partial charge in [0.1, 0.15) is 0 Å². The first-order chi connectivity index (χ1) is 10.7. The molecule has 0 saturated heterocycles. The minimum absolute atomic E-state index is 0.130. The summed E-state index contributed by atoms with van der Waals surface area (Å²) in [5.74, 6) is 0.133. The van der Waals surface area contributed by atoms with E-state index in [4.69, 9.17) is 16.3 Å². The Morgan fingerprint density at radius 1 is 1.09 bits per heavy atom. The van der Waals surface area contributed by atoms with E-state index in [2.05, 4.69) is 10.3 Å². The number of ether oxygens (including phenoxy) is 1. The molecular formula is C17H13ClN2O2. The van der Waals surface area contributed by atoms with Gasteiger partial charge in [-0.2, -0.15) is 0 Å². The summed E-state index contributed by atoms with van der Waals surface area (Å²) in [6.45, 7) is -0.130. The van der Waals surface area contributed by atoms with Gasteiger partial charge in [0, 0.05) is 17.3 Å². The predicted octanol–water partition coefficient (Wildman–Crippen LogP) is 3.91. The first kappa shape index (κ1) is 14.4. The summed E-state index contributed by atoms with van der Waals surface area (Å²) in [5, 5.41) is 5.13. The van der Waals surface area contributed by atoms with Crippen LogP contribution in [0.25, 0.3) is 10.8 Å². The van der Waals surface area contributed by atoms with Gasteiger partial charge in [-0.1, -0.05) is 48.0 Å². The number of rotatable bonds is 4. The molecule has 1 aromatic heterocycles. The van der Waals surface area contributed by atoms with Gasteiger partial charge in [0.15, 0.2) is 17.5 Å². The van der Waals surface area contributed by atoms with Crippen molar-refractivity contribution in [2.45, 2.75) is 0 Å². The molecule has 1 amide bonds. The van der Waals surface area contributed by atoms with Crippen LogP contribution < -0.4 is 10.1 Å². The molecule has 0 fully saturated rings. The lowest BCUT2D eigenvalue weighted by Crippen LogP contribution is -2.20. The van der Waals surface area contributed by atoms with E-state index in [-0.39, 0.29) is 17.7 Å². The monoisotopic (exact) mass is 312 g/mol. The molecule has 22 heavy (non-hydrogen) atoms. The zero-order chi connectivity index (χ0) is 15.4. The molecule has 3 rings (SSSR count). The second-order valence-corrected chi connectivity index (χ2v) is 5.01. The average molecular weight is 313 g/mol. The Balaban J connectivity index is 1.70. The molecule has 0 saturated carbocycles. The Bertz CT molecular complexity index is 815. The predicted molar refractivity (Wildman–Crippen MR) is 87.3 cm³/mol. The number of amides is 1. The van der Waals surface area contributed by atoms with Crippen LogP contribution in [0.4, 0.5) is 5.69 Å². The molecule has 3 aromatic rings. The molecule has 0 unspecified atom stereocenters. The molecule has 0 atom stereocenters. The van der Waals surface area contributed by atoms with E-state index in [1.54, 1.807) is 18.3 Å². The Hall–Kier alpha value is -2.59. The van der Waals surface area contributed by atoms with Crippen molar-refractivity contribution in [2.75, 3.05) is 11.9 Å². The van der Waals surface area contributed by atoms with Crippen LogP contribution in [-0.2, 0) is 4.79 Å². The van der Waals surface area contributed by atoms with Gasteiger partial charge >= 0.3 is 0 Å². The van der Waals surface area contributed by atoms with E-state index >= 15 is 0 Å².